The summed E-state index contributed by atoms with van der Waals surface area (Å²) in [5.41, 5.74) is 0. The van der Waals surface area contributed by atoms with E-state index in [-0.39, 0.29) is 23.7 Å². The Morgan fingerprint density at radius 2 is 1.78 bits per heavy atom. The summed E-state index contributed by atoms with van der Waals surface area (Å²) in [6.45, 7) is 0.305. The molecule has 0 bridgehead atoms. The third-order valence-corrected chi connectivity index (χ3v) is 6.93. The molecule has 1 unspecified atom stereocenters. The van der Waals surface area contributed by atoms with E-state index >= 15 is 0 Å². The van der Waals surface area contributed by atoms with Gasteiger partial charge in [-0.15, -0.1) is 12.4 Å². The molecule has 0 aromatic carbocycles. The number of piperidine rings is 1. The van der Waals surface area contributed by atoms with E-state index in [0.29, 0.717) is 25.9 Å². The average Bonchev–Trinajstić information content (AvgIpc) is 3.24. The number of rotatable bonds is 4. The zero-order valence-electron chi connectivity index (χ0n) is 12.6. The molecule has 2 N–H and O–H groups in total. The van der Waals surface area contributed by atoms with E-state index in [1.54, 1.807) is 0 Å². The molecule has 1 amide bonds. The van der Waals surface area contributed by atoms with Crippen LogP contribution in [-0.4, -0.2) is 61.5 Å². The molecule has 1 saturated carbocycles. The minimum atomic E-state index is -3.16. The van der Waals surface area contributed by atoms with E-state index in [1.807, 2.05) is 0 Å². The van der Waals surface area contributed by atoms with Gasteiger partial charge in [0.2, 0.25) is 15.9 Å². The monoisotopic (exact) mass is 373 g/mol. The van der Waals surface area contributed by atoms with E-state index in [2.05, 4.69) is 10.6 Å². The van der Waals surface area contributed by atoms with Crippen LogP contribution < -0.4 is 10.6 Å². The maximum absolute atomic E-state index is 13.1. The first-order chi connectivity index (χ1) is 10.3. The van der Waals surface area contributed by atoms with Crippen molar-refractivity contribution in [1.82, 2.24) is 14.9 Å². The van der Waals surface area contributed by atoms with Gasteiger partial charge in [-0.3, -0.25) is 10.1 Å². The molecule has 23 heavy (non-hydrogen) atoms. The first-order valence-electron chi connectivity index (χ1n) is 7.68. The molecule has 3 fully saturated rings. The number of hydrogen-bond donors (Lipinski definition) is 2. The number of carbonyl (C=O) groups is 1. The molecule has 0 radical (unpaired) electrons. The third-order valence-electron chi connectivity index (χ3n) is 4.53. The SMILES string of the molecule is Cl.O=C(NC1CCN(S(=O)(=O)C2CC2)CC1)C1CC(F)(F)CN1. The Hall–Kier alpha value is -0.510. The van der Waals surface area contributed by atoms with Crippen LogP contribution in [0.3, 0.4) is 0 Å². The second kappa shape index (κ2) is 6.78. The van der Waals surface area contributed by atoms with E-state index in [1.165, 1.54) is 4.31 Å². The molecular weight excluding hydrogens is 352 g/mol. The Kier molecular flexibility index (Phi) is 5.55. The highest BCUT2D eigenvalue weighted by atomic mass is 35.5. The molecular formula is C13H22ClF2N3O3S. The predicted octanol–water partition coefficient (Wildman–Crippen LogP) is 0.478. The van der Waals surface area contributed by atoms with Gasteiger partial charge in [0.25, 0.3) is 5.92 Å². The van der Waals surface area contributed by atoms with E-state index < -0.39 is 40.9 Å². The van der Waals surface area contributed by atoms with Crippen LogP contribution >= 0.6 is 12.4 Å². The lowest BCUT2D eigenvalue weighted by molar-refractivity contribution is -0.124. The van der Waals surface area contributed by atoms with Crippen LogP contribution in [0.15, 0.2) is 0 Å². The van der Waals surface area contributed by atoms with Crippen LogP contribution in [0.2, 0.25) is 0 Å². The fourth-order valence-electron chi connectivity index (χ4n) is 3.03. The number of nitrogens with zero attached hydrogens (tertiary/aromatic N) is 1. The first kappa shape index (κ1) is 18.8. The minimum absolute atomic E-state index is 0. The predicted molar refractivity (Wildman–Crippen MR) is 83.3 cm³/mol. The minimum Gasteiger partial charge on any atom is -0.352 e. The van der Waals surface area contributed by atoms with Gasteiger partial charge in [0.15, 0.2) is 0 Å². The van der Waals surface area contributed by atoms with Gasteiger partial charge in [0.1, 0.15) is 0 Å². The van der Waals surface area contributed by atoms with Crippen LogP contribution in [0.25, 0.3) is 0 Å². The lowest BCUT2D eigenvalue weighted by atomic mass is 10.1. The Morgan fingerprint density at radius 3 is 2.26 bits per heavy atom. The van der Waals surface area contributed by atoms with Crippen LogP contribution in [0.5, 0.6) is 0 Å². The second-order valence-electron chi connectivity index (χ2n) is 6.42. The number of nitrogens with one attached hydrogen (secondary N) is 2. The normalized spacial score (nSPS) is 29.0. The van der Waals surface area contributed by atoms with Gasteiger partial charge < -0.3 is 5.32 Å². The van der Waals surface area contributed by atoms with Crippen molar-refractivity contribution >= 4 is 28.3 Å². The van der Waals surface area contributed by atoms with Crippen LogP contribution in [0.1, 0.15) is 32.1 Å². The molecule has 0 aromatic heterocycles. The van der Waals surface area contributed by atoms with Crippen LogP contribution in [-0.2, 0) is 14.8 Å². The van der Waals surface area contributed by atoms with Gasteiger partial charge in [-0.05, 0) is 25.7 Å². The molecule has 3 aliphatic rings. The second-order valence-corrected chi connectivity index (χ2v) is 8.63. The van der Waals surface area contributed by atoms with E-state index in [9.17, 15) is 22.0 Å². The topological polar surface area (TPSA) is 78.5 Å². The summed E-state index contributed by atoms with van der Waals surface area (Å²) in [7, 11) is -3.16. The highest BCUT2D eigenvalue weighted by Crippen LogP contribution is 2.32. The van der Waals surface area contributed by atoms with Gasteiger partial charge in [-0.1, -0.05) is 0 Å². The maximum atomic E-state index is 13.1. The summed E-state index contributed by atoms with van der Waals surface area (Å²) >= 11 is 0. The Bertz CT molecular complexity index is 549. The number of carbonyl (C=O) groups excluding carboxylic acids is 1. The summed E-state index contributed by atoms with van der Waals surface area (Å²) in [5.74, 6) is -3.25. The average molecular weight is 374 g/mol. The Balaban J connectivity index is 0.00000192. The number of sulfonamides is 1. The van der Waals surface area contributed by atoms with Crippen LogP contribution in [0, 0.1) is 0 Å². The van der Waals surface area contributed by atoms with Gasteiger partial charge >= 0.3 is 0 Å². The van der Waals surface area contributed by atoms with Gasteiger partial charge in [-0.25, -0.2) is 21.5 Å². The summed E-state index contributed by atoms with van der Waals surface area (Å²) in [6.07, 6.45) is 2.05. The summed E-state index contributed by atoms with van der Waals surface area (Å²) in [4.78, 5) is 12.0. The quantitative estimate of drug-likeness (QED) is 0.751. The van der Waals surface area contributed by atoms with Gasteiger partial charge in [-0.2, -0.15) is 0 Å². The standard InChI is InChI=1S/C13H21F2N3O3S.ClH/c14-13(15)7-11(16-8-13)12(19)17-9-3-5-18(6-4-9)22(20,21)10-1-2-10;/h9-11,16H,1-8H2,(H,17,19);1H. The van der Waals surface area contributed by atoms with Crippen molar-refractivity contribution in [3.8, 4) is 0 Å². The number of halogens is 3. The first-order valence-corrected chi connectivity index (χ1v) is 9.19. The van der Waals surface area contributed by atoms with Crippen molar-refractivity contribution in [2.45, 2.75) is 55.4 Å². The summed E-state index contributed by atoms with van der Waals surface area (Å²) in [6, 6.07) is -1.00. The molecule has 3 rings (SSSR count). The smallest absolute Gasteiger partial charge is 0.262 e. The van der Waals surface area contributed by atoms with Crippen molar-refractivity contribution in [2.24, 2.45) is 0 Å². The molecule has 0 spiro atoms. The van der Waals surface area contributed by atoms with Crippen LogP contribution in [0.4, 0.5) is 8.78 Å². The van der Waals surface area contributed by atoms with E-state index in [0.717, 1.165) is 12.8 Å². The fraction of sp³-hybridized carbons (Fsp3) is 0.923. The maximum Gasteiger partial charge on any atom is 0.262 e. The summed E-state index contributed by atoms with van der Waals surface area (Å²) < 4.78 is 51.9. The Morgan fingerprint density at radius 1 is 1.17 bits per heavy atom. The number of amides is 1. The van der Waals surface area contributed by atoms with E-state index in [4.69, 9.17) is 0 Å². The van der Waals surface area contributed by atoms with Gasteiger partial charge in [0.05, 0.1) is 17.8 Å². The number of hydrogen-bond acceptors (Lipinski definition) is 4. The molecule has 1 atom stereocenters. The third kappa shape index (κ3) is 4.32. The number of alkyl halides is 2. The van der Waals surface area contributed by atoms with Crippen molar-refractivity contribution in [3.05, 3.63) is 0 Å². The van der Waals surface area contributed by atoms with Gasteiger partial charge in [0, 0.05) is 25.6 Å². The zero-order valence-corrected chi connectivity index (χ0v) is 14.3. The summed E-state index contributed by atoms with van der Waals surface area (Å²) in [5, 5.41) is 5.06. The Labute approximate surface area is 140 Å². The fourth-order valence-corrected chi connectivity index (χ4v) is 4.91. The van der Waals surface area contributed by atoms with Crippen molar-refractivity contribution < 1.29 is 22.0 Å². The van der Waals surface area contributed by atoms with Crippen molar-refractivity contribution in [3.63, 3.8) is 0 Å². The molecule has 10 heteroatoms. The molecule has 0 aromatic rings. The molecule has 134 valence electrons. The molecule has 2 heterocycles. The molecule has 2 aliphatic heterocycles. The highest BCUT2D eigenvalue weighted by Gasteiger charge is 2.44. The molecule has 1 aliphatic carbocycles. The lowest BCUT2D eigenvalue weighted by Crippen LogP contribution is -2.50. The lowest BCUT2D eigenvalue weighted by Gasteiger charge is -2.32. The highest BCUT2D eigenvalue weighted by molar-refractivity contribution is 7.90. The molecule has 6 nitrogen and oxygen atoms in total. The van der Waals surface area contributed by atoms with Crippen molar-refractivity contribution in [1.29, 1.82) is 0 Å². The van der Waals surface area contributed by atoms with Crippen molar-refractivity contribution in [2.75, 3.05) is 19.6 Å². The zero-order chi connectivity index (χ0) is 16.0. The molecule has 2 saturated heterocycles. The largest absolute Gasteiger partial charge is 0.352 e.